The Kier molecular flexibility index (Phi) is 3.89. The zero-order chi connectivity index (χ0) is 15.5. The number of benzene rings is 1. The molecular weight excluding hydrogens is 300 g/mol. The van der Waals surface area contributed by atoms with Crippen LogP contribution in [0.25, 0.3) is 22.6 Å². The van der Waals surface area contributed by atoms with E-state index < -0.39 is 5.91 Å². The number of H-pyrrole nitrogens is 1. The molecule has 5 nitrogen and oxygen atoms in total. The third-order valence-electron chi connectivity index (χ3n) is 3.19. The maximum atomic E-state index is 11.0. The van der Waals surface area contributed by atoms with Crippen LogP contribution in [-0.2, 0) is 11.2 Å². The number of nitrogens with zero attached hydrogens (tertiary/aromatic N) is 2. The second-order valence-corrected chi connectivity index (χ2v) is 5.21. The Morgan fingerprint density at radius 2 is 2.05 bits per heavy atom. The van der Waals surface area contributed by atoms with Gasteiger partial charge in [0.2, 0.25) is 5.91 Å². The molecule has 0 aliphatic carbocycles. The highest BCUT2D eigenvalue weighted by molar-refractivity contribution is 6.33. The molecule has 110 valence electrons. The molecule has 1 amide bonds. The third kappa shape index (κ3) is 2.99. The number of pyridine rings is 1. The molecular formula is C16H13ClN4O. The molecule has 0 aliphatic heterocycles. The van der Waals surface area contributed by atoms with Crippen LogP contribution in [0.3, 0.4) is 0 Å². The van der Waals surface area contributed by atoms with Crippen LogP contribution in [-0.4, -0.2) is 20.9 Å². The van der Waals surface area contributed by atoms with Gasteiger partial charge in [0, 0.05) is 17.3 Å². The van der Waals surface area contributed by atoms with Gasteiger partial charge in [-0.05, 0) is 24.3 Å². The van der Waals surface area contributed by atoms with E-state index in [2.05, 4.69) is 15.0 Å². The molecule has 0 saturated carbocycles. The molecule has 2 heterocycles. The van der Waals surface area contributed by atoms with Crippen molar-refractivity contribution in [3.8, 4) is 22.6 Å². The molecule has 0 radical (unpaired) electrons. The minimum absolute atomic E-state index is 0.110. The first-order valence-electron chi connectivity index (χ1n) is 6.67. The summed E-state index contributed by atoms with van der Waals surface area (Å²) in [5.41, 5.74) is 8.36. The number of imidazole rings is 1. The summed E-state index contributed by atoms with van der Waals surface area (Å²) in [6, 6.07) is 11.1. The highest BCUT2D eigenvalue weighted by Crippen LogP contribution is 2.27. The van der Waals surface area contributed by atoms with Crippen molar-refractivity contribution >= 4 is 17.5 Å². The summed E-state index contributed by atoms with van der Waals surface area (Å²) in [6.07, 6.45) is 3.48. The lowest BCUT2D eigenvalue weighted by atomic mass is 10.1. The van der Waals surface area contributed by atoms with Crippen LogP contribution in [0.15, 0.2) is 48.8 Å². The fraction of sp³-hybridized carbons (Fsp3) is 0.0625. The van der Waals surface area contributed by atoms with Gasteiger partial charge in [-0.1, -0.05) is 23.7 Å². The average Bonchev–Trinajstić information content (AvgIpc) is 2.97. The number of aromatic nitrogens is 3. The van der Waals surface area contributed by atoms with Gasteiger partial charge in [0.15, 0.2) is 0 Å². The van der Waals surface area contributed by atoms with Gasteiger partial charge in [0.25, 0.3) is 0 Å². The Morgan fingerprint density at radius 1 is 1.23 bits per heavy atom. The van der Waals surface area contributed by atoms with E-state index >= 15 is 0 Å². The second-order valence-electron chi connectivity index (χ2n) is 4.80. The average molecular weight is 313 g/mol. The summed E-state index contributed by atoms with van der Waals surface area (Å²) in [5, 5.41) is 0.632. The zero-order valence-electron chi connectivity index (χ0n) is 11.6. The van der Waals surface area contributed by atoms with Gasteiger partial charge in [0.1, 0.15) is 5.82 Å². The van der Waals surface area contributed by atoms with E-state index in [0.29, 0.717) is 16.5 Å². The molecule has 1 aromatic carbocycles. The number of amides is 1. The van der Waals surface area contributed by atoms with Crippen molar-refractivity contribution < 1.29 is 4.79 Å². The summed E-state index contributed by atoms with van der Waals surface area (Å²) in [7, 11) is 0. The van der Waals surface area contributed by atoms with E-state index in [1.165, 1.54) is 0 Å². The molecule has 0 saturated heterocycles. The smallest absolute Gasteiger partial charge is 0.223 e. The van der Waals surface area contributed by atoms with Gasteiger partial charge < -0.3 is 10.7 Å². The van der Waals surface area contributed by atoms with Crippen LogP contribution in [0.2, 0.25) is 5.02 Å². The summed E-state index contributed by atoms with van der Waals surface area (Å²) in [6.45, 7) is 0. The van der Waals surface area contributed by atoms with Gasteiger partial charge >= 0.3 is 0 Å². The fourth-order valence-corrected chi connectivity index (χ4v) is 2.40. The summed E-state index contributed by atoms with van der Waals surface area (Å²) >= 11 is 6.18. The molecule has 0 aliphatic rings. The lowest BCUT2D eigenvalue weighted by Crippen LogP contribution is -2.14. The first kappa shape index (κ1) is 14.3. The second kappa shape index (κ2) is 5.99. The van der Waals surface area contributed by atoms with Crippen molar-refractivity contribution in [3.63, 3.8) is 0 Å². The number of aromatic amines is 1. The van der Waals surface area contributed by atoms with Gasteiger partial charge in [-0.2, -0.15) is 0 Å². The van der Waals surface area contributed by atoms with Gasteiger partial charge in [0.05, 0.1) is 29.0 Å². The largest absolute Gasteiger partial charge is 0.369 e. The van der Waals surface area contributed by atoms with Crippen molar-refractivity contribution in [2.75, 3.05) is 0 Å². The molecule has 6 heteroatoms. The monoisotopic (exact) mass is 312 g/mol. The topological polar surface area (TPSA) is 84.7 Å². The minimum atomic E-state index is -0.411. The van der Waals surface area contributed by atoms with E-state index in [9.17, 15) is 4.79 Å². The number of hydrogen-bond donors (Lipinski definition) is 2. The molecule has 0 fully saturated rings. The number of halogens is 1. The number of carbonyl (C=O) groups is 1. The van der Waals surface area contributed by atoms with Crippen molar-refractivity contribution in [2.24, 2.45) is 5.73 Å². The molecule has 3 aromatic rings. The summed E-state index contributed by atoms with van der Waals surface area (Å²) < 4.78 is 0. The molecule has 0 unspecified atom stereocenters. The van der Waals surface area contributed by atoms with Crippen LogP contribution >= 0.6 is 11.6 Å². The summed E-state index contributed by atoms with van der Waals surface area (Å²) in [5.74, 6) is 0.278. The van der Waals surface area contributed by atoms with Gasteiger partial charge in [-0.15, -0.1) is 0 Å². The predicted molar refractivity (Wildman–Crippen MR) is 85.2 cm³/mol. The fourth-order valence-electron chi connectivity index (χ4n) is 2.18. The van der Waals surface area contributed by atoms with E-state index in [4.69, 9.17) is 17.3 Å². The van der Waals surface area contributed by atoms with E-state index in [0.717, 1.165) is 16.8 Å². The quantitative estimate of drug-likeness (QED) is 0.777. The maximum absolute atomic E-state index is 11.0. The Labute approximate surface area is 132 Å². The third-order valence-corrected chi connectivity index (χ3v) is 3.52. The lowest BCUT2D eigenvalue weighted by Gasteiger charge is -2.02. The minimum Gasteiger partial charge on any atom is -0.369 e. The van der Waals surface area contributed by atoms with E-state index in [1.807, 2.05) is 36.4 Å². The van der Waals surface area contributed by atoms with E-state index in [-0.39, 0.29) is 6.42 Å². The molecule has 3 rings (SSSR count). The Bertz CT molecular complexity index is 828. The molecule has 2 aromatic heterocycles. The Hall–Kier alpha value is -2.66. The molecule has 22 heavy (non-hydrogen) atoms. The van der Waals surface area contributed by atoms with Crippen molar-refractivity contribution in [1.29, 1.82) is 0 Å². The number of primary amides is 1. The molecule has 3 N–H and O–H groups in total. The van der Waals surface area contributed by atoms with Crippen molar-refractivity contribution in [3.05, 3.63) is 59.5 Å². The van der Waals surface area contributed by atoms with Crippen LogP contribution in [0.4, 0.5) is 0 Å². The maximum Gasteiger partial charge on any atom is 0.223 e. The Balaban J connectivity index is 1.94. The molecule has 0 bridgehead atoms. The predicted octanol–water partition coefficient (Wildman–Crippen LogP) is 2.82. The van der Waals surface area contributed by atoms with Crippen LogP contribution in [0.5, 0.6) is 0 Å². The van der Waals surface area contributed by atoms with Crippen LogP contribution in [0.1, 0.15) is 5.69 Å². The van der Waals surface area contributed by atoms with Crippen LogP contribution in [0, 0.1) is 0 Å². The first-order chi connectivity index (χ1) is 10.6. The normalized spacial score (nSPS) is 10.6. The molecule has 0 spiro atoms. The summed E-state index contributed by atoms with van der Waals surface area (Å²) in [4.78, 5) is 22.7. The number of rotatable bonds is 4. The van der Waals surface area contributed by atoms with Crippen molar-refractivity contribution in [1.82, 2.24) is 15.0 Å². The van der Waals surface area contributed by atoms with Crippen LogP contribution < -0.4 is 5.73 Å². The number of nitrogens with two attached hydrogens (primary N) is 1. The lowest BCUT2D eigenvalue weighted by molar-refractivity contribution is -0.117. The number of carbonyl (C=O) groups excluding carboxylic acids is 1. The Morgan fingerprint density at radius 3 is 2.82 bits per heavy atom. The van der Waals surface area contributed by atoms with Crippen molar-refractivity contribution in [2.45, 2.75) is 6.42 Å². The zero-order valence-corrected chi connectivity index (χ0v) is 12.3. The highest BCUT2D eigenvalue weighted by Gasteiger charge is 2.09. The number of hydrogen-bond acceptors (Lipinski definition) is 3. The van der Waals surface area contributed by atoms with Gasteiger partial charge in [-0.25, -0.2) is 4.98 Å². The van der Waals surface area contributed by atoms with Gasteiger partial charge in [-0.3, -0.25) is 9.78 Å². The number of nitrogens with one attached hydrogen (secondary N) is 1. The SMILES string of the molecule is NC(=O)Cc1cc(-c2cnc(-c3ccccc3Cl)[nH]2)ccn1. The standard InChI is InChI=1S/C16H13ClN4O/c17-13-4-2-1-3-12(13)16-20-9-14(21-16)10-5-6-19-11(7-10)8-15(18)22/h1-7,9H,8H2,(H2,18,22)(H,20,21). The first-order valence-corrected chi connectivity index (χ1v) is 7.05. The molecule has 0 atom stereocenters. The highest BCUT2D eigenvalue weighted by atomic mass is 35.5. The van der Waals surface area contributed by atoms with E-state index in [1.54, 1.807) is 12.4 Å².